The Labute approximate surface area is 158 Å². The summed E-state index contributed by atoms with van der Waals surface area (Å²) in [5, 5.41) is 7.69. The Morgan fingerprint density at radius 3 is 2.59 bits per heavy atom. The van der Waals surface area contributed by atoms with Gasteiger partial charge < -0.3 is 9.40 Å². The summed E-state index contributed by atoms with van der Waals surface area (Å²) in [6.07, 6.45) is 4.22. The van der Waals surface area contributed by atoms with Gasteiger partial charge >= 0.3 is 0 Å². The van der Waals surface area contributed by atoms with Gasteiger partial charge in [-0.15, -0.1) is 10.2 Å². The first-order valence-electron chi connectivity index (χ1n) is 9.05. The van der Waals surface area contributed by atoms with Crippen LogP contribution in [0.15, 0.2) is 51.9 Å². The number of benzene rings is 1. The van der Waals surface area contributed by atoms with Crippen molar-refractivity contribution >= 4 is 10.0 Å². The molecular weight excluding hydrogens is 364 g/mol. The van der Waals surface area contributed by atoms with E-state index in [4.69, 9.17) is 4.42 Å². The second kappa shape index (κ2) is 7.28. The highest BCUT2D eigenvalue weighted by Crippen LogP contribution is 2.28. The second-order valence-electron chi connectivity index (χ2n) is 6.91. The summed E-state index contributed by atoms with van der Waals surface area (Å²) in [4.78, 5) is 3.15. The number of hydrogen-bond acceptors (Lipinski definition) is 5. The molecule has 4 rings (SSSR count). The number of aromatic nitrogens is 3. The zero-order chi connectivity index (χ0) is 18.9. The molecule has 3 aromatic rings. The standard InChI is InChI=1S/C19H22N4O3S/c1-14-21-22-19(26-14)18-12-17(13-20-18)27(24,25)23-9-7-16(8-10-23)11-15-5-3-2-4-6-15/h2-6,12-13,16,20H,7-11H2,1H3. The molecule has 0 spiro atoms. The van der Waals surface area contributed by atoms with Crippen LogP contribution in [0.3, 0.4) is 0 Å². The summed E-state index contributed by atoms with van der Waals surface area (Å²) in [5.74, 6) is 1.24. The van der Waals surface area contributed by atoms with E-state index in [1.165, 1.54) is 11.8 Å². The second-order valence-corrected chi connectivity index (χ2v) is 8.85. The average Bonchev–Trinajstić information content (AvgIpc) is 3.32. The Morgan fingerprint density at radius 2 is 1.93 bits per heavy atom. The molecule has 0 amide bonds. The van der Waals surface area contributed by atoms with Crippen molar-refractivity contribution in [3.63, 3.8) is 0 Å². The van der Waals surface area contributed by atoms with Crippen LogP contribution in [0.25, 0.3) is 11.6 Å². The summed E-state index contributed by atoms with van der Waals surface area (Å²) in [6, 6.07) is 11.9. The quantitative estimate of drug-likeness (QED) is 0.728. The van der Waals surface area contributed by atoms with Crippen LogP contribution >= 0.6 is 0 Å². The van der Waals surface area contributed by atoms with Crippen LogP contribution in [0, 0.1) is 12.8 Å². The third kappa shape index (κ3) is 3.81. The van der Waals surface area contributed by atoms with Crippen molar-refractivity contribution < 1.29 is 12.8 Å². The molecule has 1 saturated heterocycles. The molecule has 0 bridgehead atoms. The predicted molar refractivity (Wildman–Crippen MR) is 100 cm³/mol. The van der Waals surface area contributed by atoms with E-state index in [-0.39, 0.29) is 10.8 Å². The number of nitrogens with zero attached hydrogens (tertiary/aromatic N) is 3. The zero-order valence-corrected chi connectivity index (χ0v) is 15.9. The van der Waals surface area contributed by atoms with E-state index in [1.807, 2.05) is 18.2 Å². The van der Waals surface area contributed by atoms with Gasteiger partial charge in [0.2, 0.25) is 15.9 Å². The van der Waals surface area contributed by atoms with Gasteiger partial charge in [0.1, 0.15) is 10.6 Å². The third-order valence-corrected chi connectivity index (χ3v) is 6.87. The van der Waals surface area contributed by atoms with Gasteiger partial charge in [0.05, 0.1) is 0 Å². The molecule has 1 aliphatic rings. The van der Waals surface area contributed by atoms with Gasteiger partial charge in [-0.2, -0.15) is 4.31 Å². The van der Waals surface area contributed by atoms with E-state index in [0.717, 1.165) is 19.3 Å². The number of aromatic amines is 1. The van der Waals surface area contributed by atoms with Crippen LogP contribution in [0.5, 0.6) is 0 Å². The molecular formula is C19H22N4O3S. The Hall–Kier alpha value is -2.45. The number of piperidine rings is 1. The van der Waals surface area contributed by atoms with E-state index >= 15 is 0 Å². The first kappa shape index (κ1) is 17.9. The summed E-state index contributed by atoms with van der Waals surface area (Å²) < 4.78 is 32.8. The minimum absolute atomic E-state index is 0.231. The number of hydrogen-bond donors (Lipinski definition) is 1. The van der Waals surface area contributed by atoms with Gasteiger partial charge in [-0.25, -0.2) is 8.42 Å². The maximum absolute atomic E-state index is 12.9. The van der Waals surface area contributed by atoms with Crippen LogP contribution in [-0.4, -0.2) is 41.0 Å². The van der Waals surface area contributed by atoms with Gasteiger partial charge in [-0.05, 0) is 36.8 Å². The van der Waals surface area contributed by atoms with Crippen molar-refractivity contribution in [2.75, 3.05) is 13.1 Å². The van der Waals surface area contributed by atoms with Crippen LogP contribution < -0.4 is 0 Å². The summed E-state index contributed by atoms with van der Waals surface area (Å²) in [5.41, 5.74) is 1.82. The predicted octanol–water partition coefficient (Wildman–Crippen LogP) is 3.02. The average molecular weight is 386 g/mol. The van der Waals surface area contributed by atoms with Crippen LogP contribution in [0.2, 0.25) is 0 Å². The number of sulfonamides is 1. The number of H-pyrrole nitrogens is 1. The van der Waals surface area contributed by atoms with Gasteiger partial charge in [-0.3, -0.25) is 0 Å². The maximum Gasteiger partial charge on any atom is 0.264 e. The van der Waals surface area contributed by atoms with E-state index in [9.17, 15) is 8.42 Å². The minimum atomic E-state index is -3.53. The maximum atomic E-state index is 12.9. The SMILES string of the molecule is Cc1nnc(-c2cc(S(=O)(=O)N3CCC(Cc4ccccc4)CC3)c[nH]2)o1. The molecule has 0 aliphatic carbocycles. The fourth-order valence-corrected chi connectivity index (χ4v) is 4.97. The molecule has 1 N–H and O–H groups in total. The highest BCUT2D eigenvalue weighted by molar-refractivity contribution is 7.89. The molecule has 2 aromatic heterocycles. The lowest BCUT2D eigenvalue weighted by Crippen LogP contribution is -2.38. The molecule has 1 aliphatic heterocycles. The zero-order valence-electron chi connectivity index (χ0n) is 15.1. The van der Waals surface area contributed by atoms with Crippen molar-refractivity contribution in [3.8, 4) is 11.6 Å². The van der Waals surface area contributed by atoms with Gasteiger partial charge in [0, 0.05) is 26.2 Å². The number of nitrogens with one attached hydrogen (secondary N) is 1. The van der Waals surface area contributed by atoms with Crippen LogP contribution in [-0.2, 0) is 16.4 Å². The molecule has 1 fully saturated rings. The molecule has 0 unspecified atom stereocenters. The Kier molecular flexibility index (Phi) is 4.84. The monoisotopic (exact) mass is 386 g/mol. The lowest BCUT2D eigenvalue weighted by molar-refractivity contribution is 0.273. The van der Waals surface area contributed by atoms with E-state index < -0.39 is 10.0 Å². The molecule has 1 aromatic carbocycles. The fourth-order valence-electron chi connectivity index (χ4n) is 3.50. The van der Waals surface area contributed by atoms with E-state index in [2.05, 4.69) is 27.3 Å². The van der Waals surface area contributed by atoms with Crippen molar-refractivity contribution in [1.82, 2.24) is 19.5 Å². The van der Waals surface area contributed by atoms with Gasteiger partial charge in [-0.1, -0.05) is 30.3 Å². The first-order valence-corrected chi connectivity index (χ1v) is 10.5. The fraction of sp³-hybridized carbons (Fsp3) is 0.368. The summed E-state index contributed by atoms with van der Waals surface area (Å²) in [7, 11) is -3.53. The summed E-state index contributed by atoms with van der Waals surface area (Å²) >= 11 is 0. The Morgan fingerprint density at radius 1 is 1.19 bits per heavy atom. The van der Waals surface area contributed by atoms with E-state index in [0.29, 0.717) is 30.6 Å². The lowest BCUT2D eigenvalue weighted by Gasteiger charge is -2.31. The van der Waals surface area contributed by atoms with Crippen molar-refractivity contribution in [3.05, 3.63) is 54.0 Å². The normalized spacial score (nSPS) is 16.6. The van der Waals surface area contributed by atoms with Gasteiger partial charge in [0.15, 0.2) is 0 Å². The molecule has 3 heterocycles. The topological polar surface area (TPSA) is 92.1 Å². The minimum Gasteiger partial charge on any atom is -0.420 e. The largest absolute Gasteiger partial charge is 0.420 e. The number of rotatable bonds is 5. The molecule has 27 heavy (non-hydrogen) atoms. The van der Waals surface area contributed by atoms with Gasteiger partial charge in [0.25, 0.3) is 5.89 Å². The number of aryl methyl sites for hydroxylation is 1. The van der Waals surface area contributed by atoms with E-state index in [1.54, 1.807) is 17.3 Å². The molecule has 0 saturated carbocycles. The molecule has 0 atom stereocenters. The third-order valence-electron chi connectivity index (χ3n) is 4.99. The molecule has 0 radical (unpaired) electrons. The highest BCUT2D eigenvalue weighted by Gasteiger charge is 2.30. The molecule has 8 heteroatoms. The first-order chi connectivity index (χ1) is 13.0. The summed E-state index contributed by atoms with van der Waals surface area (Å²) in [6.45, 7) is 2.77. The van der Waals surface area contributed by atoms with Crippen molar-refractivity contribution in [1.29, 1.82) is 0 Å². The Balaban J connectivity index is 1.42. The van der Waals surface area contributed by atoms with Crippen LogP contribution in [0.1, 0.15) is 24.3 Å². The van der Waals surface area contributed by atoms with Crippen molar-refractivity contribution in [2.45, 2.75) is 31.1 Å². The van der Waals surface area contributed by atoms with Crippen molar-refractivity contribution in [2.24, 2.45) is 5.92 Å². The smallest absolute Gasteiger partial charge is 0.264 e. The molecule has 142 valence electrons. The highest BCUT2D eigenvalue weighted by atomic mass is 32.2. The van der Waals surface area contributed by atoms with Crippen LogP contribution in [0.4, 0.5) is 0 Å². The lowest BCUT2D eigenvalue weighted by atomic mass is 9.91. The Bertz CT molecular complexity index is 1000. The molecule has 7 nitrogen and oxygen atoms in total.